The quantitative estimate of drug-likeness (QED) is 0.709. The summed E-state index contributed by atoms with van der Waals surface area (Å²) in [6.07, 6.45) is 0.0626. The average Bonchev–Trinajstić information content (AvgIpc) is 2.69. The molecule has 0 saturated heterocycles. The van der Waals surface area contributed by atoms with Crippen molar-refractivity contribution in [1.29, 1.82) is 0 Å². The van der Waals surface area contributed by atoms with Crippen molar-refractivity contribution in [3.05, 3.63) is 72.4 Å². The molecule has 0 aliphatic carbocycles. The minimum absolute atomic E-state index is 0.0626. The fourth-order valence-corrected chi connectivity index (χ4v) is 2.52. The Hall–Kier alpha value is -3.41. The molecule has 3 rings (SSSR count). The highest BCUT2D eigenvalue weighted by molar-refractivity contribution is 6.04. The Morgan fingerprint density at radius 3 is 2.33 bits per heavy atom. The number of carbonyl (C=O) groups excluding carboxylic acids is 1. The van der Waals surface area contributed by atoms with E-state index in [4.69, 9.17) is 4.74 Å². The number of benzene rings is 2. The predicted octanol–water partition coefficient (Wildman–Crippen LogP) is 4.28. The molecule has 0 spiro atoms. The van der Waals surface area contributed by atoms with Crippen LogP contribution in [-0.4, -0.2) is 29.3 Å². The minimum atomic E-state index is -0.219. The van der Waals surface area contributed by atoms with E-state index < -0.39 is 0 Å². The van der Waals surface area contributed by atoms with Gasteiger partial charge in [0.25, 0.3) is 5.91 Å². The van der Waals surface area contributed by atoms with E-state index in [1.165, 1.54) is 0 Å². The van der Waals surface area contributed by atoms with Gasteiger partial charge in [0.15, 0.2) is 11.5 Å². The Kier molecular flexibility index (Phi) is 5.66. The zero-order valence-corrected chi connectivity index (χ0v) is 15.6. The van der Waals surface area contributed by atoms with Crippen molar-refractivity contribution in [2.75, 3.05) is 17.3 Å². The van der Waals surface area contributed by atoms with Gasteiger partial charge in [-0.25, -0.2) is 0 Å². The average molecular weight is 362 g/mol. The van der Waals surface area contributed by atoms with E-state index in [0.717, 1.165) is 17.1 Å². The lowest BCUT2D eigenvalue weighted by atomic mass is 10.2. The summed E-state index contributed by atoms with van der Waals surface area (Å²) in [5.41, 5.74) is 1.87. The summed E-state index contributed by atoms with van der Waals surface area (Å²) >= 11 is 0. The van der Waals surface area contributed by atoms with E-state index in [9.17, 15) is 4.79 Å². The number of carbonyl (C=O) groups is 1. The van der Waals surface area contributed by atoms with Crippen LogP contribution in [0.5, 0.6) is 5.75 Å². The number of amides is 1. The highest BCUT2D eigenvalue weighted by Gasteiger charge is 2.15. The molecule has 0 fully saturated rings. The van der Waals surface area contributed by atoms with Crippen LogP contribution in [0.4, 0.5) is 17.2 Å². The van der Waals surface area contributed by atoms with Crippen molar-refractivity contribution < 1.29 is 9.53 Å². The number of rotatable bonds is 6. The van der Waals surface area contributed by atoms with Crippen LogP contribution in [0, 0.1) is 0 Å². The van der Waals surface area contributed by atoms with Gasteiger partial charge in [-0.3, -0.25) is 4.79 Å². The molecule has 0 aliphatic heterocycles. The molecule has 6 nitrogen and oxygen atoms in total. The zero-order chi connectivity index (χ0) is 19.2. The van der Waals surface area contributed by atoms with E-state index in [-0.39, 0.29) is 17.7 Å². The van der Waals surface area contributed by atoms with Crippen LogP contribution < -0.4 is 15.0 Å². The molecule has 6 heteroatoms. The summed E-state index contributed by atoms with van der Waals surface area (Å²) in [5, 5.41) is 11.4. The van der Waals surface area contributed by atoms with E-state index in [0.29, 0.717) is 5.82 Å². The van der Waals surface area contributed by atoms with Gasteiger partial charge in [-0.1, -0.05) is 30.3 Å². The molecular formula is C21H22N4O2. The molecule has 1 N–H and O–H groups in total. The summed E-state index contributed by atoms with van der Waals surface area (Å²) in [6, 6.07) is 20.4. The lowest BCUT2D eigenvalue weighted by Crippen LogP contribution is -2.27. The van der Waals surface area contributed by atoms with Crippen molar-refractivity contribution in [3.63, 3.8) is 0 Å². The Balaban J connectivity index is 1.74. The fraction of sp³-hybridized carbons (Fsp3) is 0.190. The topological polar surface area (TPSA) is 67.3 Å². The smallest absolute Gasteiger partial charge is 0.278 e. The number of ether oxygens (including phenoxy) is 1. The van der Waals surface area contributed by atoms with E-state index >= 15 is 0 Å². The summed E-state index contributed by atoms with van der Waals surface area (Å²) in [4.78, 5) is 14.1. The van der Waals surface area contributed by atoms with Gasteiger partial charge in [-0.05, 0) is 50.2 Å². The van der Waals surface area contributed by atoms with Crippen molar-refractivity contribution in [2.24, 2.45) is 0 Å². The predicted molar refractivity (Wildman–Crippen MR) is 107 cm³/mol. The second kappa shape index (κ2) is 8.31. The third-order valence-corrected chi connectivity index (χ3v) is 3.84. The summed E-state index contributed by atoms with van der Waals surface area (Å²) in [6.45, 7) is 3.94. The Morgan fingerprint density at radius 1 is 0.963 bits per heavy atom. The first-order chi connectivity index (χ1) is 13.0. The summed E-state index contributed by atoms with van der Waals surface area (Å²) in [7, 11) is 1.71. The van der Waals surface area contributed by atoms with Gasteiger partial charge < -0.3 is 15.0 Å². The molecule has 0 aliphatic rings. The third-order valence-electron chi connectivity index (χ3n) is 3.84. The van der Waals surface area contributed by atoms with Crippen molar-refractivity contribution in [2.45, 2.75) is 20.0 Å². The number of anilines is 3. The molecule has 1 heterocycles. The molecule has 1 aromatic heterocycles. The zero-order valence-electron chi connectivity index (χ0n) is 15.6. The molecule has 27 heavy (non-hydrogen) atoms. The number of nitrogens with one attached hydrogen (secondary N) is 1. The van der Waals surface area contributed by atoms with Gasteiger partial charge in [0.1, 0.15) is 5.75 Å². The van der Waals surface area contributed by atoms with E-state index in [1.807, 2.05) is 68.4 Å². The van der Waals surface area contributed by atoms with Crippen molar-refractivity contribution >= 4 is 23.1 Å². The largest absolute Gasteiger partial charge is 0.489 e. The standard InChI is InChI=1S/C21H22N4O2/c1-15(2)27-19-12-8-7-11-17(19)22-20-14-13-18(23-24-20)21(26)25(3)16-9-5-4-6-10-16/h4-15H,1-3H3,(H,22,24). The molecule has 0 saturated carbocycles. The van der Waals surface area contributed by atoms with Crippen LogP contribution in [0.15, 0.2) is 66.7 Å². The van der Waals surface area contributed by atoms with Crippen LogP contribution in [0.2, 0.25) is 0 Å². The van der Waals surface area contributed by atoms with E-state index in [1.54, 1.807) is 24.1 Å². The van der Waals surface area contributed by atoms with Crippen molar-refractivity contribution in [3.8, 4) is 5.75 Å². The number of para-hydroxylation sites is 3. The maximum Gasteiger partial charge on any atom is 0.278 e. The highest BCUT2D eigenvalue weighted by Crippen LogP contribution is 2.27. The van der Waals surface area contributed by atoms with Gasteiger partial charge >= 0.3 is 0 Å². The maximum absolute atomic E-state index is 12.6. The third kappa shape index (κ3) is 4.61. The SMILES string of the molecule is CC(C)Oc1ccccc1Nc1ccc(C(=O)N(C)c2ccccc2)nn1. The summed E-state index contributed by atoms with van der Waals surface area (Å²) in [5.74, 6) is 1.05. The number of nitrogens with zero attached hydrogens (tertiary/aromatic N) is 3. The summed E-state index contributed by atoms with van der Waals surface area (Å²) < 4.78 is 5.79. The second-order valence-corrected chi connectivity index (χ2v) is 6.29. The van der Waals surface area contributed by atoms with Crippen LogP contribution in [0.1, 0.15) is 24.3 Å². The molecule has 0 atom stereocenters. The van der Waals surface area contributed by atoms with Gasteiger partial charge in [0.05, 0.1) is 11.8 Å². The first-order valence-electron chi connectivity index (χ1n) is 8.74. The number of hydrogen-bond donors (Lipinski definition) is 1. The first kappa shape index (κ1) is 18.4. The molecule has 2 aromatic carbocycles. The first-order valence-corrected chi connectivity index (χ1v) is 8.74. The fourth-order valence-electron chi connectivity index (χ4n) is 2.52. The molecule has 0 radical (unpaired) electrons. The Morgan fingerprint density at radius 2 is 1.67 bits per heavy atom. The van der Waals surface area contributed by atoms with Crippen molar-refractivity contribution in [1.82, 2.24) is 10.2 Å². The monoisotopic (exact) mass is 362 g/mol. The van der Waals surface area contributed by atoms with Gasteiger partial charge in [0.2, 0.25) is 0 Å². The number of aromatic nitrogens is 2. The van der Waals surface area contributed by atoms with E-state index in [2.05, 4.69) is 15.5 Å². The van der Waals surface area contributed by atoms with Crippen LogP contribution in [0.3, 0.4) is 0 Å². The Bertz CT molecular complexity index is 896. The normalized spacial score (nSPS) is 10.5. The van der Waals surface area contributed by atoms with Gasteiger partial charge in [-0.15, -0.1) is 10.2 Å². The van der Waals surface area contributed by atoms with Crippen LogP contribution in [0.25, 0.3) is 0 Å². The molecule has 0 unspecified atom stereocenters. The van der Waals surface area contributed by atoms with Crippen LogP contribution in [-0.2, 0) is 0 Å². The second-order valence-electron chi connectivity index (χ2n) is 6.29. The Labute approximate surface area is 158 Å². The molecular weight excluding hydrogens is 340 g/mol. The molecule has 138 valence electrons. The van der Waals surface area contributed by atoms with Crippen LogP contribution >= 0.6 is 0 Å². The molecule has 3 aromatic rings. The number of hydrogen-bond acceptors (Lipinski definition) is 5. The lowest BCUT2D eigenvalue weighted by Gasteiger charge is -2.17. The minimum Gasteiger partial charge on any atom is -0.489 e. The van der Waals surface area contributed by atoms with Gasteiger partial charge in [0, 0.05) is 12.7 Å². The van der Waals surface area contributed by atoms with Gasteiger partial charge in [-0.2, -0.15) is 0 Å². The highest BCUT2D eigenvalue weighted by atomic mass is 16.5. The lowest BCUT2D eigenvalue weighted by molar-refractivity contribution is 0.0987. The molecule has 1 amide bonds. The maximum atomic E-state index is 12.6. The molecule has 0 bridgehead atoms.